The predicted octanol–water partition coefficient (Wildman–Crippen LogP) is 1.84. The summed E-state index contributed by atoms with van der Waals surface area (Å²) in [5.41, 5.74) is 6.48. The maximum Gasteiger partial charge on any atom is 0.573 e. The molecule has 0 atom stereocenters. The number of hydrogen-bond donors (Lipinski definition) is 2. The largest absolute Gasteiger partial charge is 0.573 e. The van der Waals surface area contributed by atoms with Gasteiger partial charge in [-0.3, -0.25) is 0 Å². The van der Waals surface area contributed by atoms with Crippen LogP contribution in [0.25, 0.3) is 0 Å². The van der Waals surface area contributed by atoms with Gasteiger partial charge in [0, 0.05) is 19.5 Å². The van der Waals surface area contributed by atoms with Gasteiger partial charge in [-0.2, -0.15) is 0 Å². The molecule has 0 aliphatic rings. The zero-order valence-corrected chi connectivity index (χ0v) is 13.6. The topological polar surface area (TPSA) is 90.4 Å². The average molecular weight is 356 g/mol. The second-order valence-electron chi connectivity index (χ2n) is 5.11. The number of aryl methyl sites for hydroxylation is 1. The van der Waals surface area contributed by atoms with Crippen molar-refractivity contribution in [3.05, 3.63) is 42.0 Å². The van der Waals surface area contributed by atoms with Crippen LogP contribution in [0.5, 0.6) is 5.75 Å². The van der Waals surface area contributed by atoms with Gasteiger partial charge in [-0.15, -0.1) is 23.4 Å². The van der Waals surface area contributed by atoms with E-state index in [-0.39, 0.29) is 18.3 Å². The van der Waals surface area contributed by atoms with E-state index in [2.05, 4.69) is 25.2 Å². The van der Waals surface area contributed by atoms with Crippen molar-refractivity contribution in [2.75, 3.05) is 6.54 Å². The predicted molar refractivity (Wildman–Crippen MR) is 85.9 cm³/mol. The van der Waals surface area contributed by atoms with E-state index in [1.54, 1.807) is 6.33 Å². The molecule has 1 aromatic carbocycles. The van der Waals surface area contributed by atoms with Gasteiger partial charge in [0.2, 0.25) is 0 Å². The number of nitrogens with one attached hydrogen (secondary N) is 1. The fraction of sp³-hybridized carbons (Fsp3) is 0.400. The van der Waals surface area contributed by atoms with E-state index in [0.717, 1.165) is 12.2 Å². The maximum atomic E-state index is 12.1. The summed E-state index contributed by atoms with van der Waals surface area (Å²) in [6, 6.07) is 5.48. The number of nitrogens with zero attached hydrogens (tertiary/aromatic N) is 4. The lowest BCUT2D eigenvalue weighted by Gasteiger charge is -2.09. The van der Waals surface area contributed by atoms with E-state index in [0.29, 0.717) is 18.7 Å². The van der Waals surface area contributed by atoms with Gasteiger partial charge in [0.05, 0.1) is 6.54 Å². The number of ether oxygens (including phenoxy) is 1. The minimum absolute atomic E-state index is 0.248. The number of alkyl halides is 3. The smallest absolute Gasteiger partial charge is 0.406 e. The number of halogens is 3. The van der Waals surface area contributed by atoms with Crippen molar-refractivity contribution in [1.82, 2.24) is 20.1 Å². The highest BCUT2D eigenvalue weighted by atomic mass is 19.4. The molecule has 2 rings (SSSR count). The Morgan fingerprint density at radius 1 is 1.32 bits per heavy atom. The summed E-state index contributed by atoms with van der Waals surface area (Å²) >= 11 is 0. The van der Waals surface area contributed by atoms with Crippen LogP contribution >= 0.6 is 0 Å². The van der Waals surface area contributed by atoms with Crippen LogP contribution in [0.2, 0.25) is 0 Å². The summed E-state index contributed by atoms with van der Waals surface area (Å²) < 4.78 is 42.0. The van der Waals surface area contributed by atoms with Crippen LogP contribution < -0.4 is 15.8 Å². The maximum absolute atomic E-state index is 12.1. The number of hydrogen-bond acceptors (Lipinski definition) is 4. The molecule has 1 aromatic heterocycles. The van der Waals surface area contributed by atoms with E-state index < -0.39 is 6.36 Å². The average Bonchev–Trinajstić information content (AvgIpc) is 3.00. The first-order valence-corrected chi connectivity index (χ1v) is 7.62. The summed E-state index contributed by atoms with van der Waals surface area (Å²) in [7, 11) is 0. The Morgan fingerprint density at radius 3 is 2.68 bits per heavy atom. The monoisotopic (exact) mass is 356 g/mol. The quantitative estimate of drug-likeness (QED) is 0.584. The Morgan fingerprint density at radius 2 is 2.04 bits per heavy atom. The summed E-state index contributed by atoms with van der Waals surface area (Å²) in [5, 5.41) is 10.8. The van der Waals surface area contributed by atoms with Crippen LogP contribution in [-0.4, -0.2) is 33.6 Å². The molecule has 0 aliphatic heterocycles. The minimum atomic E-state index is -4.70. The van der Waals surface area contributed by atoms with Crippen LogP contribution in [0, 0.1) is 0 Å². The molecule has 0 radical (unpaired) electrons. The second kappa shape index (κ2) is 8.36. The van der Waals surface area contributed by atoms with Gasteiger partial charge in [-0.25, -0.2) is 4.99 Å². The Balaban J connectivity index is 1.78. The highest BCUT2D eigenvalue weighted by Gasteiger charge is 2.30. The van der Waals surface area contributed by atoms with E-state index >= 15 is 0 Å². The first-order valence-electron chi connectivity index (χ1n) is 7.62. The standard InChI is InChI=1S/C15H19F3N6O/c1-2-13-23-22-10-24(13)8-7-20-14(19)21-9-11-3-5-12(6-4-11)25-15(16,17)18/h3-6,10H,2,7-9H2,1H3,(H3,19,20,21). The van der Waals surface area contributed by atoms with Crippen molar-refractivity contribution >= 4 is 5.96 Å². The first-order chi connectivity index (χ1) is 11.9. The van der Waals surface area contributed by atoms with Gasteiger partial charge < -0.3 is 20.4 Å². The lowest BCUT2D eigenvalue weighted by Crippen LogP contribution is -2.34. The van der Waals surface area contributed by atoms with Crippen LogP contribution in [0.3, 0.4) is 0 Å². The highest BCUT2D eigenvalue weighted by Crippen LogP contribution is 2.22. The van der Waals surface area contributed by atoms with E-state index in [9.17, 15) is 13.2 Å². The number of aliphatic imine (C=N–C) groups is 1. The van der Waals surface area contributed by atoms with Gasteiger partial charge in [-0.05, 0) is 17.7 Å². The van der Waals surface area contributed by atoms with E-state index in [4.69, 9.17) is 5.73 Å². The molecule has 7 nitrogen and oxygen atoms in total. The minimum Gasteiger partial charge on any atom is -0.406 e. The summed E-state index contributed by atoms with van der Waals surface area (Å²) in [6.45, 7) is 3.45. The van der Waals surface area contributed by atoms with Gasteiger partial charge in [0.1, 0.15) is 17.9 Å². The molecular weight excluding hydrogens is 337 g/mol. The number of aromatic nitrogens is 3. The molecule has 2 aromatic rings. The van der Waals surface area contributed by atoms with Crippen molar-refractivity contribution in [1.29, 1.82) is 0 Å². The van der Waals surface area contributed by atoms with Crippen LogP contribution in [-0.2, 0) is 19.5 Å². The van der Waals surface area contributed by atoms with Crippen molar-refractivity contribution in [3.8, 4) is 5.75 Å². The van der Waals surface area contributed by atoms with Crippen LogP contribution in [0.4, 0.5) is 13.2 Å². The van der Waals surface area contributed by atoms with E-state index in [1.807, 2.05) is 11.5 Å². The van der Waals surface area contributed by atoms with Gasteiger partial charge >= 0.3 is 6.36 Å². The molecule has 0 saturated carbocycles. The number of rotatable bonds is 7. The number of guanidine groups is 1. The molecule has 0 unspecified atom stereocenters. The fourth-order valence-corrected chi connectivity index (χ4v) is 2.07. The SMILES string of the molecule is CCc1nncn1CCNC(N)=NCc1ccc(OC(F)(F)F)cc1. The molecule has 25 heavy (non-hydrogen) atoms. The molecule has 136 valence electrons. The van der Waals surface area contributed by atoms with Crippen LogP contribution in [0.15, 0.2) is 35.6 Å². The zero-order chi connectivity index (χ0) is 18.3. The van der Waals surface area contributed by atoms with Crippen LogP contribution in [0.1, 0.15) is 18.3 Å². The van der Waals surface area contributed by atoms with Crippen molar-refractivity contribution < 1.29 is 17.9 Å². The third-order valence-corrected chi connectivity index (χ3v) is 3.26. The van der Waals surface area contributed by atoms with Gasteiger partial charge in [-0.1, -0.05) is 19.1 Å². The Labute approximate surface area is 142 Å². The molecule has 0 bridgehead atoms. The first kappa shape index (κ1) is 18.6. The Hall–Kier alpha value is -2.78. The van der Waals surface area contributed by atoms with Gasteiger partial charge in [0.15, 0.2) is 5.96 Å². The summed E-state index contributed by atoms with van der Waals surface area (Å²) in [4.78, 5) is 4.14. The number of benzene rings is 1. The van der Waals surface area contributed by atoms with Crippen molar-refractivity contribution in [3.63, 3.8) is 0 Å². The number of nitrogens with two attached hydrogens (primary N) is 1. The molecule has 0 saturated heterocycles. The Bertz CT molecular complexity index is 696. The summed E-state index contributed by atoms with van der Waals surface area (Å²) in [6.07, 6.45) is -2.26. The zero-order valence-electron chi connectivity index (χ0n) is 13.6. The molecule has 10 heteroatoms. The molecule has 0 amide bonds. The fourth-order valence-electron chi connectivity index (χ4n) is 2.07. The molecule has 1 heterocycles. The van der Waals surface area contributed by atoms with Crippen molar-refractivity contribution in [2.24, 2.45) is 10.7 Å². The lowest BCUT2D eigenvalue weighted by molar-refractivity contribution is -0.274. The normalized spacial score (nSPS) is 12.2. The van der Waals surface area contributed by atoms with Gasteiger partial charge in [0.25, 0.3) is 0 Å². The molecule has 0 spiro atoms. The molecule has 3 N–H and O–H groups in total. The molecule has 0 aliphatic carbocycles. The molecular formula is C15H19F3N6O. The highest BCUT2D eigenvalue weighted by molar-refractivity contribution is 5.77. The molecule has 0 fully saturated rings. The summed E-state index contributed by atoms with van der Waals surface area (Å²) in [5.74, 6) is 0.868. The third kappa shape index (κ3) is 6.32. The third-order valence-electron chi connectivity index (χ3n) is 3.26. The van der Waals surface area contributed by atoms with E-state index in [1.165, 1.54) is 24.3 Å². The second-order valence-corrected chi connectivity index (χ2v) is 5.11. The lowest BCUT2D eigenvalue weighted by atomic mass is 10.2. The Kier molecular flexibility index (Phi) is 6.20. The van der Waals surface area contributed by atoms with Crippen molar-refractivity contribution in [2.45, 2.75) is 32.8 Å².